The van der Waals surface area contributed by atoms with Crippen molar-refractivity contribution in [2.75, 3.05) is 0 Å². The van der Waals surface area contributed by atoms with Crippen molar-refractivity contribution in [3.8, 4) is 11.3 Å². The average Bonchev–Trinajstić information content (AvgIpc) is 3.01. The summed E-state index contributed by atoms with van der Waals surface area (Å²) in [5.74, 6) is 0. The number of imidazole rings is 1. The molecule has 0 aliphatic heterocycles. The molecule has 5 heteroatoms. The summed E-state index contributed by atoms with van der Waals surface area (Å²) < 4.78 is 1.99. The summed E-state index contributed by atoms with van der Waals surface area (Å²) >= 11 is 6.25. The number of benzene rings is 2. The Hall–Kier alpha value is -2.72. The Morgan fingerprint density at radius 1 is 0.870 bits per heavy atom. The third-order valence-electron chi connectivity index (χ3n) is 3.75. The summed E-state index contributed by atoms with van der Waals surface area (Å²) in [7, 11) is 0. The van der Waals surface area contributed by atoms with Gasteiger partial charge in [-0.1, -0.05) is 60.1 Å². The van der Waals surface area contributed by atoms with Crippen LogP contribution in [0.3, 0.4) is 0 Å². The van der Waals surface area contributed by atoms with Crippen LogP contribution < -0.4 is 0 Å². The molecule has 4 aromatic rings. The number of fused-ring (bicyclic) bond motifs is 1. The van der Waals surface area contributed by atoms with Crippen molar-refractivity contribution in [2.24, 2.45) is 0 Å². The normalized spacial score (nSPS) is 11.0. The van der Waals surface area contributed by atoms with Crippen LogP contribution in [0.25, 0.3) is 22.4 Å². The topological polar surface area (TPSA) is 43.6 Å². The van der Waals surface area contributed by atoms with Crippen LogP contribution in [0.15, 0.2) is 67.3 Å². The van der Waals surface area contributed by atoms with Gasteiger partial charge in [0, 0.05) is 10.6 Å². The van der Waals surface area contributed by atoms with Crippen molar-refractivity contribution < 1.29 is 0 Å². The number of halogens is 1. The Morgan fingerprint density at radius 3 is 2.48 bits per heavy atom. The van der Waals surface area contributed by atoms with Crippen LogP contribution in [0.2, 0.25) is 5.02 Å². The molecule has 0 radical (unpaired) electrons. The number of aromatic nitrogens is 4. The zero-order valence-electron chi connectivity index (χ0n) is 12.2. The molecule has 0 atom stereocenters. The highest BCUT2D eigenvalue weighted by Crippen LogP contribution is 2.25. The Bertz CT molecular complexity index is 963. The molecule has 0 saturated carbocycles. The van der Waals surface area contributed by atoms with Gasteiger partial charge in [0.2, 0.25) is 0 Å². The van der Waals surface area contributed by atoms with E-state index in [1.807, 2.05) is 59.2 Å². The predicted molar refractivity (Wildman–Crippen MR) is 91.3 cm³/mol. The first-order chi connectivity index (χ1) is 11.3. The highest BCUT2D eigenvalue weighted by Gasteiger charge is 2.12. The van der Waals surface area contributed by atoms with Gasteiger partial charge in [-0.2, -0.15) is 0 Å². The van der Waals surface area contributed by atoms with Crippen LogP contribution >= 0.6 is 11.6 Å². The van der Waals surface area contributed by atoms with Gasteiger partial charge in [-0.3, -0.25) is 0 Å². The summed E-state index contributed by atoms with van der Waals surface area (Å²) in [6.45, 7) is 0.626. The average molecular weight is 321 g/mol. The Kier molecular flexibility index (Phi) is 3.52. The molecule has 0 saturated heterocycles. The summed E-state index contributed by atoms with van der Waals surface area (Å²) in [5.41, 5.74) is 4.51. The van der Waals surface area contributed by atoms with E-state index in [2.05, 4.69) is 15.0 Å². The minimum atomic E-state index is 0.626. The van der Waals surface area contributed by atoms with E-state index < -0.39 is 0 Å². The van der Waals surface area contributed by atoms with Crippen LogP contribution in [0.1, 0.15) is 5.56 Å². The Morgan fingerprint density at radius 2 is 1.65 bits per heavy atom. The number of rotatable bonds is 3. The molecule has 0 bridgehead atoms. The summed E-state index contributed by atoms with van der Waals surface area (Å²) in [6.07, 6.45) is 3.37. The molecule has 0 fully saturated rings. The second kappa shape index (κ2) is 5.82. The van der Waals surface area contributed by atoms with E-state index in [9.17, 15) is 0 Å². The van der Waals surface area contributed by atoms with Crippen LogP contribution in [0, 0.1) is 0 Å². The van der Waals surface area contributed by atoms with Crippen molar-refractivity contribution in [3.63, 3.8) is 0 Å². The molecule has 2 aromatic heterocycles. The van der Waals surface area contributed by atoms with Crippen molar-refractivity contribution in [1.82, 2.24) is 19.5 Å². The molecule has 0 aliphatic rings. The van der Waals surface area contributed by atoms with Gasteiger partial charge in [0.25, 0.3) is 0 Å². The molecule has 0 spiro atoms. The zero-order chi connectivity index (χ0) is 15.6. The molecule has 112 valence electrons. The maximum Gasteiger partial charge on any atom is 0.164 e. The van der Waals surface area contributed by atoms with Gasteiger partial charge in [0.05, 0.1) is 12.9 Å². The zero-order valence-corrected chi connectivity index (χ0v) is 13.0. The number of nitrogens with zero attached hydrogens (tertiary/aromatic N) is 4. The lowest BCUT2D eigenvalue weighted by Crippen LogP contribution is -2.00. The van der Waals surface area contributed by atoms with Crippen molar-refractivity contribution in [1.29, 1.82) is 0 Å². The molecule has 2 aromatic carbocycles. The highest BCUT2D eigenvalue weighted by atomic mass is 35.5. The van der Waals surface area contributed by atoms with E-state index in [0.29, 0.717) is 6.54 Å². The van der Waals surface area contributed by atoms with Gasteiger partial charge in [-0.05, 0) is 11.6 Å². The van der Waals surface area contributed by atoms with Crippen molar-refractivity contribution >= 4 is 22.8 Å². The first-order valence-electron chi connectivity index (χ1n) is 7.27. The lowest BCUT2D eigenvalue weighted by molar-refractivity contribution is 0.813. The smallest absolute Gasteiger partial charge is 0.164 e. The fourth-order valence-electron chi connectivity index (χ4n) is 2.61. The molecular formula is C18H13ClN4. The molecule has 0 unspecified atom stereocenters. The van der Waals surface area contributed by atoms with Crippen molar-refractivity contribution in [3.05, 3.63) is 77.8 Å². The van der Waals surface area contributed by atoms with Gasteiger partial charge in [0.1, 0.15) is 17.5 Å². The number of hydrogen-bond acceptors (Lipinski definition) is 3. The maximum absolute atomic E-state index is 6.25. The third-order valence-corrected chi connectivity index (χ3v) is 4.12. The molecule has 0 aliphatic carbocycles. The van der Waals surface area contributed by atoms with Gasteiger partial charge >= 0.3 is 0 Å². The van der Waals surface area contributed by atoms with Crippen LogP contribution in [-0.4, -0.2) is 19.5 Å². The maximum atomic E-state index is 6.25. The minimum Gasteiger partial charge on any atom is -0.311 e. The molecule has 0 amide bonds. The van der Waals surface area contributed by atoms with Crippen molar-refractivity contribution in [2.45, 2.75) is 6.54 Å². The highest BCUT2D eigenvalue weighted by molar-refractivity contribution is 6.31. The van der Waals surface area contributed by atoms with E-state index in [1.165, 1.54) is 0 Å². The molecule has 23 heavy (non-hydrogen) atoms. The van der Waals surface area contributed by atoms with Crippen LogP contribution in [-0.2, 0) is 6.54 Å². The quantitative estimate of drug-likeness (QED) is 0.568. The predicted octanol–water partition coefficient (Wildman–Crippen LogP) is 4.20. The Balaban J connectivity index is 1.81. The second-order valence-electron chi connectivity index (χ2n) is 5.22. The van der Waals surface area contributed by atoms with Gasteiger partial charge < -0.3 is 4.57 Å². The molecule has 2 heterocycles. The van der Waals surface area contributed by atoms with Crippen LogP contribution in [0.5, 0.6) is 0 Å². The van der Waals surface area contributed by atoms with Gasteiger partial charge in [-0.15, -0.1) is 0 Å². The first-order valence-corrected chi connectivity index (χ1v) is 7.65. The minimum absolute atomic E-state index is 0.626. The summed E-state index contributed by atoms with van der Waals surface area (Å²) in [6, 6.07) is 17.8. The van der Waals surface area contributed by atoms with Gasteiger partial charge in [0.15, 0.2) is 5.65 Å². The largest absolute Gasteiger partial charge is 0.311 e. The standard InChI is InChI=1S/C18H13ClN4/c19-15-9-5-4-8-14(15)10-23-12-22-17-16(20-11-21-18(17)23)13-6-2-1-3-7-13/h1-9,11-12H,10H2. The lowest BCUT2D eigenvalue weighted by atomic mass is 10.1. The monoisotopic (exact) mass is 320 g/mol. The summed E-state index contributed by atoms with van der Waals surface area (Å²) in [4.78, 5) is 13.3. The summed E-state index contributed by atoms with van der Waals surface area (Å²) in [5, 5.41) is 0.742. The molecule has 4 nitrogen and oxygen atoms in total. The van der Waals surface area contributed by atoms with E-state index in [0.717, 1.165) is 33.0 Å². The van der Waals surface area contributed by atoms with E-state index >= 15 is 0 Å². The van der Waals surface area contributed by atoms with E-state index in [1.54, 1.807) is 12.7 Å². The molecule has 0 N–H and O–H groups in total. The van der Waals surface area contributed by atoms with Crippen LogP contribution in [0.4, 0.5) is 0 Å². The molecule has 4 rings (SSSR count). The fraction of sp³-hybridized carbons (Fsp3) is 0.0556. The van der Waals surface area contributed by atoms with E-state index in [4.69, 9.17) is 11.6 Å². The third kappa shape index (κ3) is 2.58. The number of hydrogen-bond donors (Lipinski definition) is 0. The lowest BCUT2D eigenvalue weighted by Gasteiger charge is -2.06. The van der Waals surface area contributed by atoms with E-state index in [-0.39, 0.29) is 0 Å². The second-order valence-corrected chi connectivity index (χ2v) is 5.63. The SMILES string of the molecule is Clc1ccccc1Cn1cnc2c(-c3ccccc3)ncnc21. The molecular weight excluding hydrogens is 308 g/mol. The van der Waals surface area contributed by atoms with Gasteiger partial charge in [-0.25, -0.2) is 15.0 Å². The Labute approximate surface area is 138 Å². The first kappa shape index (κ1) is 13.9. The fourth-order valence-corrected chi connectivity index (χ4v) is 2.81.